The van der Waals surface area contributed by atoms with Gasteiger partial charge in [-0.3, -0.25) is 4.79 Å². The molecule has 0 saturated heterocycles. The average Bonchev–Trinajstić information content (AvgIpc) is 3.43. The van der Waals surface area contributed by atoms with Gasteiger partial charge in [0.25, 0.3) is 0 Å². The summed E-state index contributed by atoms with van der Waals surface area (Å²) in [6.45, 7) is 0. The quantitative estimate of drug-likeness (QED) is 0.0758. The molecular weight excluding hydrogens is 536 g/mol. The first-order valence-electron chi connectivity index (χ1n) is 13.0. The Kier molecular flexibility index (Phi) is 8.24. The van der Waals surface area contributed by atoms with Crippen molar-refractivity contribution in [2.24, 2.45) is 0 Å². The van der Waals surface area contributed by atoms with Crippen LogP contribution in [0.25, 0.3) is 28.4 Å². The highest BCUT2D eigenvalue weighted by molar-refractivity contribution is 6.10. The minimum Gasteiger partial charge on any atom is -0.497 e. The van der Waals surface area contributed by atoms with Crippen LogP contribution >= 0.6 is 0 Å². The number of carbonyl (C=O) groups is 2. The number of hydrogen-bond donors (Lipinski definition) is 0. The molecule has 0 spiro atoms. The molecule has 0 N–H and O–H groups in total. The smallest absolute Gasteiger partial charge is 0.348 e. The number of carbonyl (C=O) groups excluding carboxylic acids is 2. The number of methoxy groups -OCH3 is 4. The van der Waals surface area contributed by atoms with Gasteiger partial charge in [-0.15, -0.1) is 0 Å². The number of fused-ring (bicyclic) bond motifs is 1. The van der Waals surface area contributed by atoms with Gasteiger partial charge in [0.2, 0.25) is 0 Å². The zero-order valence-electron chi connectivity index (χ0n) is 23.5. The van der Waals surface area contributed by atoms with Gasteiger partial charge >= 0.3 is 5.97 Å². The summed E-state index contributed by atoms with van der Waals surface area (Å²) in [7, 11) is 6.05. The Balaban J connectivity index is 1.44. The zero-order valence-corrected chi connectivity index (χ0v) is 23.5. The van der Waals surface area contributed by atoms with E-state index < -0.39 is 5.97 Å². The molecule has 0 amide bonds. The molecule has 8 heteroatoms. The molecule has 4 aromatic carbocycles. The van der Waals surface area contributed by atoms with E-state index in [0.29, 0.717) is 50.9 Å². The lowest BCUT2D eigenvalue weighted by Crippen LogP contribution is -2.10. The number of furan rings is 1. The summed E-state index contributed by atoms with van der Waals surface area (Å²) in [5.74, 6) is 1.56. The van der Waals surface area contributed by atoms with Crippen LogP contribution < -0.4 is 23.7 Å². The van der Waals surface area contributed by atoms with E-state index >= 15 is 0 Å². The van der Waals surface area contributed by atoms with Crippen LogP contribution in [0.4, 0.5) is 0 Å². The predicted octanol–water partition coefficient (Wildman–Crippen LogP) is 7.25. The molecule has 0 fully saturated rings. The standard InChI is InChI=1S/C34H28O8/c1-37-23-12-16-28(39-3)25(19-23)27(35)14-10-21-11-15-30(31(18-21)40-4)42-34(36)32-26-20-24(38-2)13-17-29(26)41-33(32)22-8-6-5-7-9-22/h5-20H,1-4H3. The number of ether oxygens (including phenoxy) is 5. The van der Waals surface area contributed by atoms with Gasteiger partial charge in [-0.1, -0.05) is 42.5 Å². The molecule has 5 rings (SSSR count). The molecule has 0 aliphatic carbocycles. The van der Waals surface area contributed by atoms with Crippen LogP contribution in [0.2, 0.25) is 0 Å². The van der Waals surface area contributed by atoms with Crippen LogP contribution in [0.15, 0.2) is 95.4 Å². The number of benzene rings is 4. The maximum absolute atomic E-state index is 13.7. The van der Waals surface area contributed by atoms with Crippen LogP contribution in [-0.4, -0.2) is 40.2 Å². The summed E-state index contributed by atoms with van der Waals surface area (Å²) in [5.41, 5.74) is 2.53. The van der Waals surface area contributed by atoms with Crippen molar-refractivity contribution in [3.05, 3.63) is 108 Å². The monoisotopic (exact) mass is 564 g/mol. The van der Waals surface area contributed by atoms with Crippen molar-refractivity contribution < 1.29 is 37.7 Å². The summed E-state index contributed by atoms with van der Waals surface area (Å²) in [4.78, 5) is 26.6. The van der Waals surface area contributed by atoms with E-state index in [0.717, 1.165) is 5.56 Å². The molecule has 0 atom stereocenters. The normalized spacial score (nSPS) is 11.0. The largest absolute Gasteiger partial charge is 0.497 e. The van der Waals surface area contributed by atoms with E-state index in [1.165, 1.54) is 27.4 Å². The first-order valence-corrected chi connectivity index (χ1v) is 13.0. The molecule has 8 nitrogen and oxygen atoms in total. The SMILES string of the molecule is COc1ccc(OC)c(C(=O)C=Cc2ccc(OC(=O)c3c(-c4ccccc4)oc4ccc(OC)cc34)c(OC)c2)c1. The molecule has 1 heterocycles. The molecule has 0 bridgehead atoms. The van der Waals surface area contributed by atoms with Crippen molar-refractivity contribution in [2.45, 2.75) is 0 Å². The van der Waals surface area contributed by atoms with Gasteiger partial charge in [-0.25, -0.2) is 4.79 Å². The van der Waals surface area contributed by atoms with Crippen molar-refractivity contribution >= 4 is 28.8 Å². The third kappa shape index (κ3) is 5.69. The first-order chi connectivity index (χ1) is 20.4. The minimum atomic E-state index is -0.622. The number of rotatable bonds is 10. The fraction of sp³-hybridized carbons (Fsp3) is 0.118. The first kappa shape index (κ1) is 28.0. The fourth-order valence-corrected chi connectivity index (χ4v) is 4.49. The van der Waals surface area contributed by atoms with Gasteiger partial charge in [0.05, 0.1) is 34.0 Å². The Hall–Kier alpha value is -5.50. The van der Waals surface area contributed by atoms with E-state index in [1.54, 1.807) is 67.8 Å². The summed E-state index contributed by atoms with van der Waals surface area (Å²) >= 11 is 0. The molecule has 0 radical (unpaired) electrons. The lowest BCUT2D eigenvalue weighted by atomic mass is 10.1. The molecule has 5 aromatic rings. The highest BCUT2D eigenvalue weighted by atomic mass is 16.6. The molecule has 0 aliphatic rings. The van der Waals surface area contributed by atoms with Crippen LogP contribution in [-0.2, 0) is 0 Å². The van der Waals surface area contributed by atoms with E-state index in [1.807, 2.05) is 30.3 Å². The van der Waals surface area contributed by atoms with Gasteiger partial charge in [0, 0.05) is 10.9 Å². The predicted molar refractivity (Wildman–Crippen MR) is 159 cm³/mol. The number of ketones is 1. The summed E-state index contributed by atoms with van der Waals surface area (Å²) in [6.07, 6.45) is 3.06. The lowest BCUT2D eigenvalue weighted by molar-refractivity contribution is 0.0731. The second kappa shape index (κ2) is 12.3. The van der Waals surface area contributed by atoms with Gasteiger partial charge in [-0.05, 0) is 60.2 Å². The van der Waals surface area contributed by atoms with Crippen molar-refractivity contribution in [1.82, 2.24) is 0 Å². The topological polar surface area (TPSA) is 93.4 Å². The van der Waals surface area contributed by atoms with Crippen molar-refractivity contribution in [3.63, 3.8) is 0 Å². The Bertz CT molecular complexity index is 1780. The van der Waals surface area contributed by atoms with Crippen LogP contribution in [0.1, 0.15) is 26.3 Å². The van der Waals surface area contributed by atoms with Crippen molar-refractivity contribution in [1.29, 1.82) is 0 Å². The third-order valence-electron chi connectivity index (χ3n) is 6.62. The van der Waals surface area contributed by atoms with Crippen molar-refractivity contribution in [3.8, 4) is 40.1 Å². The van der Waals surface area contributed by atoms with Gasteiger partial charge < -0.3 is 28.1 Å². The second-order valence-corrected chi connectivity index (χ2v) is 9.10. The van der Waals surface area contributed by atoms with E-state index in [2.05, 4.69) is 0 Å². The fourth-order valence-electron chi connectivity index (χ4n) is 4.49. The summed E-state index contributed by atoms with van der Waals surface area (Å²) in [5, 5.41) is 0.559. The Morgan fingerprint density at radius 3 is 2.10 bits per heavy atom. The summed E-state index contributed by atoms with van der Waals surface area (Å²) in [6, 6.07) is 24.6. The molecule has 212 valence electrons. The van der Waals surface area contributed by atoms with Crippen LogP contribution in [0.5, 0.6) is 28.7 Å². The molecule has 0 aliphatic heterocycles. The maximum Gasteiger partial charge on any atom is 0.348 e. The number of esters is 1. The minimum absolute atomic E-state index is 0.205. The number of allylic oxidation sites excluding steroid dienone is 1. The Morgan fingerprint density at radius 1 is 0.690 bits per heavy atom. The summed E-state index contributed by atoms with van der Waals surface area (Å²) < 4.78 is 33.4. The van der Waals surface area contributed by atoms with Crippen LogP contribution in [0.3, 0.4) is 0 Å². The molecule has 0 unspecified atom stereocenters. The molecule has 42 heavy (non-hydrogen) atoms. The van der Waals surface area contributed by atoms with Gasteiger partial charge in [0.1, 0.15) is 34.2 Å². The van der Waals surface area contributed by atoms with Crippen molar-refractivity contribution in [2.75, 3.05) is 28.4 Å². The Labute approximate surface area is 242 Å². The molecule has 1 aromatic heterocycles. The highest BCUT2D eigenvalue weighted by Gasteiger charge is 2.25. The van der Waals surface area contributed by atoms with E-state index in [9.17, 15) is 9.59 Å². The number of hydrogen-bond acceptors (Lipinski definition) is 8. The molecule has 0 saturated carbocycles. The zero-order chi connectivity index (χ0) is 29.6. The van der Waals surface area contributed by atoms with E-state index in [-0.39, 0.29) is 17.1 Å². The maximum atomic E-state index is 13.7. The molecular formula is C34H28O8. The van der Waals surface area contributed by atoms with Crippen LogP contribution in [0, 0.1) is 0 Å². The van der Waals surface area contributed by atoms with Gasteiger partial charge in [-0.2, -0.15) is 0 Å². The lowest BCUT2D eigenvalue weighted by Gasteiger charge is -2.11. The second-order valence-electron chi connectivity index (χ2n) is 9.10. The third-order valence-corrected chi connectivity index (χ3v) is 6.62. The Morgan fingerprint density at radius 2 is 1.38 bits per heavy atom. The van der Waals surface area contributed by atoms with E-state index in [4.69, 9.17) is 28.1 Å². The highest BCUT2D eigenvalue weighted by Crippen LogP contribution is 2.37. The average molecular weight is 565 g/mol. The van der Waals surface area contributed by atoms with Gasteiger partial charge in [0.15, 0.2) is 17.3 Å².